The first-order valence-electron chi connectivity index (χ1n) is 8.22. The summed E-state index contributed by atoms with van der Waals surface area (Å²) in [5, 5.41) is 13.0. The lowest BCUT2D eigenvalue weighted by Gasteiger charge is -2.41. The average Bonchev–Trinajstić information content (AvgIpc) is 2.47. The number of anilines is 1. The number of amides is 1. The second-order valence-electron chi connectivity index (χ2n) is 7.23. The summed E-state index contributed by atoms with van der Waals surface area (Å²) in [4.78, 5) is 14.2. The van der Waals surface area contributed by atoms with E-state index in [0.717, 1.165) is 12.1 Å². The van der Waals surface area contributed by atoms with E-state index in [9.17, 15) is 9.90 Å². The Morgan fingerprint density at radius 1 is 1.26 bits per heavy atom. The third-order valence-electron chi connectivity index (χ3n) is 4.15. The number of hydrogen-bond acceptors (Lipinski definition) is 4. The van der Waals surface area contributed by atoms with E-state index in [0.29, 0.717) is 12.8 Å². The van der Waals surface area contributed by atoms with E-state index in [2.05, 4.69) is 10.2 Å². The summed E-state index contributed by atoms with van der Waals surface area (Å²) in [6.07, 6.45) is 1.33. The first-order valence-corrected chi connectivity index (χ1v) is 8.22. The van der Waals surface area contributed by atoms with Crippen molar-refractivity contribution in [1.82, 2.24) is 5.32 Å². The van der Waals surface area contributed by atoms with Crippen molar-refractivity contribution in [3.8, 4) is 0 Å². The molecule has 0 heterocycles. The highest BCUT2D eigenvalue weighted by atomic mass is 16.6. The molecule has 1 aromatic rings. The van der Waals surface area contributed by atoms with Gasteiger partial charge in [0.05, 0.1) is 18.2 Å². The molecule has 1 amide bonds. The van der Waals surface area contributed by atoms with Crippen molar-refractivity contribution < 1.29 is 14.6 Å². The molecule has 0 aliphatic heterocycles. The summed E-state index contributed by atoms with van der Waals surface area (Å²) >= 11 is 0. The summed E-state index contributed by atoms with van der Waals surface area (Å²) < 4.78 is 5.37. The van der Waals surface area contributed by atoms with Gasteiger partial charge in [0, 0.05) is 12.7 Å². The number of nitrogens with zero attached hydrogens (tertiary/aromatic N) is 1. The normalized spacial score (nSPS) is 24.8. The molecular formula is C18H28N2O3. The van der Waals surface area contributed by atoms with Gasteiger partial charge in [-0.05, 0) is 52.2 Å². The zero-order chi connectivity index (χ0) is 17.0. The standard InChI is InChI=1S/C18H28N2O3/c1-18(2,3)23-17(22)19-15-11-10-14(21)12-16(15)20(4)13-8-6-5-7-9-13/h5-9,14-16,21H,10-12H2,1-4H3,(H,19,22). The van der Waals surface area contributed by atoms with Crippen molar-refractivity contribution in [2.75, 3.05) is 11.9 Å². The fourth-order valence-corrected chi connectivity index (χ4v) is 3.04. The van der Waals surface area contributed by atoms with Gasteiger partial charge in [-0.25, -0.2) is 4.79 Å². The Morgan fingerprint density at radius 3 is 2.52 bits per heavy atom. The van der Waals surface area contributed by atoms with Crippen LogP contribution in [0.4, 0.5) is 10.5 Å². The van der Waals surface area contributed by atoms with E-state index >= 15 is 0 Å². The van der Waals surface area contributed by atoms with Crippen LogP contribution in [0, 0.1) is 0 Å². The number of aliphatic hydroxyl groups excluding tert-OH is 1. The molecule has 128 valence electrons. The number of rotatable bonds is 3. The van der Waals surface area contributed by atoms with Gasteiger partial charge in [0.2, 0.25) is 0 Å². The van der Waals surface area contributed by atoms with Crippen molar-refractivity contribution in [3.05, 3.63) is 30.3 Å². The fourth-order valence-electron chi connectivity index (χ4n) is 3.04. The highest BCUT2D eigenvalue weighted by Crippen LogP contribution is 2.27. The predicted molar refractivity (Wildman–Crippen MR) is 91.6 cm³/mol. The first kappa shape index (κ1) is 17.6. The number of likely N-dealkylation sites (N-methyl/N-ethyl adjacent to an activating group) is 1. The zero-order valence-electron chi connectivity index (χ0n) is 14.5. The molecule has 0 bridgehead atoms. The van der Waals surface area contributed by atoms with Crippen LogP contribution < -0.4 is 10.2 Å². The fraction of sp³-hybridized carbons (Fsp3) is 0.611. The van der Waals surface area contributed by atoms with E-state index in [4.69, 9.17) is 4.74 Å². The molecule has 1 aliphatic rings. The van der Waals surface area contributed by atoms with Gasteiger partial charge < -0.3 is 20.1 Å². The lowest BCUT2D eigenvalue weighted by atomic mass is 9.87. The minimum Gasteiger partial charge on any atom is -0.444 e. The van der Waals surface area contributed by atoms with Crippen molar-refractivity contribution in [2.45, 2.75) is 63.8 Å². The molecule has 5 heteroatoms. The van der Waals surface area contributed by atoms with Gasteiger partial charge in [-0.1, -0.05) is 18.2 Å². The molecular weight excluding hydrogens is 292 g/mol. The van der Waals surface area contributed by atoms with Gasteiger partial charge in [0.15, 0.2) is 0 Å². The maximum absolute atomic E-state index is 12.1. The van der Waals surface area contributed by atoms with Gasteiger partial charge >= 0.3 is 6.09 Å². The maximum Gasteiger partial charge on any atom is 0.407 e. The smallest absolute Gasteiger partial charge is 0.407 e. The predicted octanol–water partition coefficient (Wildman–Crippen LogP) is 2.93. The molecule has 1 fully saturated rings. The number of benzene rings is 1. The Balaban J connectivity index is 2.08. The first-order chi connectivity index (χ1) is 10.8. The quantitative estimate of drug-likeness (QED) is 0.899. The third kappa shape index (κ3) is 5.13. The monoisotopic (exact) mass is 320 g/mol. The molecule has 5 nitrogen and oxygen atoms in total. The minimum absolute atomic E-state index is 0.0358. The largest absolute Gasteiger partial charge is 0.444 e. The number of aliphatic hydroxyl groups is 1. The molecule has 1 aliphatic carbocycles. The molecule has 0 spiro atoms. The molecule has 0 radical (unpaired) electrons. The third-order valence-corrected chi connectivity index (χ3v) is 4.15. The lowest BCUT2D eigenvalue weighted by Crippen LogP contribution is -2.55. The summed E-state index contributed by atoms with van der Waals surface area (Å²) in [5.41, 5.74) is 0.557. The molecule has 3 atom stereocenters. The van der Waals surface area contributed by atoms with Gasteiger partial charge in [-0.15, -0.1) is 0 Å². The van der Waals surface area contributed by atoms with Crippen LogP contribution in [-0.2, 0) is 4.74 Å². The van der Waals surface area contributed by atoms with Crippen LogP contribution in [0.15, 0.2) is 30.3 Å². The number of alkyl carbamates (subject to hydrolysis) is 1. The second-order valence-corrected chi connectivity index (χ2v) is 7.23. The number of carbonyl (C=O) groups excluding carboxylic acids is 1. The molecule has 3 unspecified atom stereocenters. The maximum atomic E-state index is 12.1. The highest BCUT2D eigenvalue weighted by molar-refractivity contribution is 5.68. The van der Waals surface area contributed by atoms with Crippen LogP contribution in [0.2, 0.25) is 0 Å². The highest BCUT2D eigenvalue weighted by Gasteiger charge is 2.34. The second kappa shape index (κ2) is 7.21. The zero-order valence-corrected chi connectivity index (χ0v) is 14.5. The number of nitrogens with one attached hydrogen (secondary N) is 1. The Bertz CT molecular complexity index is 513. The van der Waals surface area contributed by atoms with E-state index in [1.165, 1.54) is 0 Å². The van der Waals surface area contributed by atoms with Crippen molar-refractivity contribution in [1.29, 1.82) is 0 Å². The summed E-state index contributed by atoms with van der Waals surface area (Å²) in [5.74, 6) is 0. The number of hydrogen-bond donors (Lipinski definition) is 2. The SMILES string of the molecule is CN(c1ccccc1)C1CC(O)CCC1NC(=O)OC(C)(C)C. The average molecular weight is 320 g/mol. The molecule has 1 saturated carbocycles. The summed E-state index contributed by atoms with van der Waals surface area (Å²) in [6, 6.07) is 10.0. The number of carbonyl (C=O) groups is 1. The molecule has 23 heavy (non-hydrogen) atoms. The van der Waals surface area contributed by atoms with Gasteiger partial charge in [-0.3, -0.25) is 0 Å². The van der Waals surface area contributed by atoms with Crippen LogP contribution in [0.3, 0.4) is 0 Å². The Hall–Kier alpha value is -1.75. The van der Waals surface area contributed by atoms with Crippen LogP contribution in [0.25, 0.3) is 0 Å². The van der Waals surface area contributed by atoms with E-state index in [1.54, 1.807) is 0 Å². The van der Waals surface area contributed by atoms with Gasteiger partial charge in [0.25, 0.3) is 0 Å². The molecule has 1 aromatic carbocycles. The minimum atomic E-state index is -0.515. The molecule has 0 aromatic heterocycles. The van der Waals surface area contributed by atoms with Gasteiger partial charge in [-0.2, -0.15) is 0 Å². The Kier molecular flexibility index (Phi) is 5.52. The topological polar surface area (TPSA) is 61.8 Å². The molecule has 0 saturated heterocycles. The van der Waals surface area contributed by atoms with Crippen LogP contribution in [0.5, 0.6) is 0 Å². The van der Waals surface area contributed by atoms with Crippen LogP contribution >= 0.6 is 0 Å². The summed E-state index contributed by atoms with van der Waals surface area (Å²) in [6.45, 7) is 5.56. The van der Waals surface area contributed by atoms with Crippen molar-refractivity contribution in [2.24, 2.45) is 0 Å². The Labute approximate surface area is 138 Å². The van der Waals surface area contributed by atoms with Crippen LogP contribution in [-0.4, -0.2) is 42.0 Å². The lowest BCUT2D eigenvalue weighted by molar-refractivity contribution is 0.0439. The molecule has 2 N–H and O–H groups in total. The van der Waals surface area contributed by atoms with E-state index in [1.807, 2.05) is 58.2 Å². The van der Waals surface area contributed by atoms with Gasteiger partial charge in [0.1, 0.15) is 5.60 Å². The van der Waals surface area contributed by atoms with Crippen molar-refractivity contribution in [3.63, 3.8) is 0 Å². The Morgan fingerprint density at radius 2 is 1.91 bits per heavy atom. The molecule has 2 rings (SSSR count). The number of ether oxygens (including phenoxy) is 1. The summed E-state index contributed by atoms with van der Waals surface area (Å²) in [7, 11) is 2.00. The van der Waals surface area contributed by atoms with E-state index < -0.39 is 11.7 Å². The number of para-hydroxylation sites is 1. The van der Waals surface area contributed by atoms with E-state index in [-0.39, 0.29) is 18.2 Å². The van der Waals surface area contributed by atoms with Crippen LogP contribution in [0.1, 0.15) is 40.0 Å². The van der Waals surface area contributed by atoms with Crippen molar-refractivity contribution >= 4 is 11.8 Å².